The summed E-state index contributed by atoms with van der Waals surface area (Å²) >= 11 is 1.38. The van der Waals surface area contributed by atoms with E-state index < -0.39 is 16.9 Å². The summed E-state index contributed by atoms with van der Waals surface area (Å²) in [6.07, 6.45) is 5.82. The van der Waals surface area contributed by atoms with Gasteiger partial charge in [0, 0.05) is 35.7 Å². The number of halogens is 1. The number of pyridine rings is 1. The molecule has 6 nitrogen and oxygen atoms in total. The van der Waals surface area contributed by atoms with Crippen LogP contribution in [0.4, 0.5) is 4.39 Å². The van der Waals surface area contributed by atoms with Crippen molar-refractivity contribution in [2.45, 2.75) is 6.54 Å². The molecular weight excluding hydrogens is 295 g/mol. The Morgan fingerprint density at radius 3 is 2.90 bits per heavy atom. The minimum Gasteiger partial charge on any atom is -0.323 e. The van der Waals surface area contributed by atoms with E-state index in [9.17, 15) is 14.0 Å². The van der Waals surface area contributed by atoms with Crippen LogP contribution in [0.15, 0.2) is 45.8 Å². The van der Waals surface area contributed by atoms with Gasteiger partial charge >= 0.3 is 11.1 Å². The number of rotatable bonds is 3. The van der Waals surface area contributed by atoms with Gasteiger partial charge < -0.3 is 9.55 Å². The molecule has 3 rings (SSSR count). The van der Waals surface area contributed by atoms with Crippen LogP contribution in [-0.2, 0) is 6.54 Å². The number of H-pyrrole nitrogens is 1. The highest BCUT2D eigenvalue weighted by molar-refractivity contribution is 7.13. The van der Waals surface area contributed by atoms with Crippen molar-refractivity contribution in [3.63, 3.8) is 0 Å². The third kappa shape index (κ3) is 2.65. The first-order valence-corrected chi connectivity index (χ1v) is 6.85. The fourth-order valence-corrected chi connectivity index (χ4v) is 2.43. The second-order valence-electron chi connectivity index (χ2n) is 4.21. The quantitative estimate of drug-likeness (QED) is 0.738. The minimum atomic E-state index is -0.752. The lowest BCUT2D eigenvalue weighted by atomic mass is 10.2. The molecule has 0 aromatic carbocycles. The summed E-state index contributed by atoms with van der Waals surface area (Å²) in [5, 5.41) is 2.46. The first-order valence-electron chi connectivity index (χ1n) is 5.97. The molecule has 0 saturated heterocycles. The fourth-order valence-electron chi connectivity index (χ4n) is 1.81. The maximum absolute atomic E-state index is 14.1. The van der Waals surface area contributed by atoms with Crippen molar-refractivity contribution in [2.24, 2.45) is 0 Å². The zero-order valence-electron chi connectivity index (χ0n) is 10.6. The Morgan fingerprint density at radius 2 is 2.19 bits per heavy atom. The van der Waals surface area contributed by atoms with Crippen LogP contribution in [0.5, 0.6) is 0 Å². The van der Waals surface area contributed by atoms with Crippen molar-refractivity contribution in [1.29, 1.82) is 0 Å². The summed E-state index contributed by atoms with van der Waals surface area (Å²) in [5.41, 5.74) is -0.840. The van der Waals surface area contributed by atoms with Crippen molar-refractivity contribution < 1.29 is 4.39 Å². The Morgan fingerprint density at radius 1 is 1.33 bits per heavy atom. The fraction of sp³-hybridized carbons (Fsp3) is 0.0769. The standard InChI is InChI=1S/C13H9FN4O2S/c14-9-5-8(12-16-2-4-21-12)6-17-10(9)7-18-3-1-15-11(19)13(18)20/h1-6H,7H2,(H,15,19). The summed E-state index contributed by atoms with van der Waals surface area (Å²) in [7, 11) is 0. The Kier molecular flexibility index (Phi) is 3.44. The number of thiazole rings is 1. The Bertz CT molecular complexity index is 886. The molecule has 0 bridgehead atoms. The monoisotopic (exact) mass is 304 g/mol. The van der Waals surface area contributed by atoms with Gasteiger partial charge in [-0.05, 0) is 6.07 Å². The zero-order chi connectivity index (χ0) is 14.8. The van der Waals surface area contributed by atoms with E-state index in [0.717, 1.165) is 4.57 Å². The zero-order valence-corrected chi connectivity index (χ0v) is 11.4. The normalized spacial score (nSPS) is 10.7. The first-order chi connectivity index (χ1) is 10.1. The Labute approximate surface area is 121 Å². The molecule has 3 heterocycles. The van der Waals surface area contributed by atoms with Crippen molar-refractivity contribution in [2.75, 3.05) is 0 Å². The van der Waals surface area contributed by atoms with Crippen LogP contribution in [0.1, 0.15) is 5.69 Å². The number of aromatic amines is 1. The molecule has 106 valence electrons. The Hall–Kier alpha value is -2.61. The average molecular weight is 304 g/mol. The third-order valence-corrected chi connectivity index (χ3v) is 3.66. The molecule has 1 N–H and O–H groups in total. The van der Waals surface area contributed by atoms with Gasteiger partial charge in [0.1, 0.15) is 10.8 Å². The number of hydrogen-bond acceptors (Lipinski definition) is 5. The maximum atomic E-state index is 14.1. The molecule has 0 unspecified atom stereocenters. The van der Waals surface area contributed by atoms with E-state index in [4.69, 9.17) is 0 Å². The van der Waals surface area contributed by atoms with E-state index >= 15 is 0 Å². The van der Waals surface area contributed by atoms with E-state index in [1.165, 1.54) is 36.0 Å². The molecule has 21 heavy (non-hydrogen) atoms. The van der Waals surface area contributed by atoms with Gasteiger partial charge in [-0.2, -0.15) is 0 Å². The molecule has 0 spiro atoms. The predicted molar refractivity (Wildman–Crippen MR) is 75.7 cm³/mol. The molecule has 0 amide bonds. The van der Waals surface area contributed by atoms with E-state index in [-0.39, 0.29) is 12.2 Å². The minimum absolute atomic E-state index is 0.0861. The molecule has 8 heteroatoms. The lowest BCUT2D eigenvalue weighted by molar-refractivity contribution is 0.581. The predicted octanol–water partition coefficient (Wildman–Crippen LogP) is 1.24. The topological polar surface area (TPSA) is 80.6 Å². The largest absolute Gasteiger partial charge is 0.323 e. The average Bonchev–Trinajstić information content (AvgIpc) is 3.00. The summed E-state index contributed by atoms with van der Waals surface area (Å²) < 4.78 is 15.2. The van der Waals surface area contributed by atoms with E-state index in [0.29, 0.717) is 10.6 Å². The first kappa shape index (κ1) is 13.4. The third-order valence-electron chi connectivity index (χ3n) is 2.84. The number of hydrogen-bond donors (Lipinski definition) is 1. The smallest absolute Gasteiger partial charge is 0.316 e. The van der Waals surface area contributed by atoms with Crippen LogP contribution >= 0.6 is 11.3 Å². The molecule has 0 aliphatic carbocycles. The van der Waals surface area contributed by atoms with Crippen LogP contribution < -0.4 is 11.1 Å². The second-order valence-corrected chi connectivity index (χ2v) is 5.11. The van der Waals surface area contributed by atoms with E-state index in [2.05, 4.69) is 15.0 Å². The van der Waals surface area contributed by atoms with Crippen LogP contribution in [0.2, 0.25) is 0 Å². The lowest BCUT2D eigenvalue weighted by Gasteiger charge is -2.06. The van der Waals surface area contributed by atoms with Gasteiger partial charge in [0.15, 0.2) is 0 Å². The Balaban J connectivity index is 1.95. The molecule has 0 saturated carbocycles. The van der Waals surface area contributed by atoms with Crippen LogP contribution in [0.25, 0.3) is 10.6 Å². The highest BCUT2D eigenvalue weighted by Gasteiger charge is 2.10. The molecule has 0 aliphatic heterocycles. The van der Waals surface area contributed by atoms with Crippen molar-refractivity contribution in [3.8, 4) is 10.6 Å². The number of nitrogens with zero attached hydrogens (tertiary/aromatic N) is 3. The molecule has 0 aliphatic rings. The summed E-state index contributed by atoms with van der Waals surface area (Å²) in [4.78, 5) is 33.2. The molecule has 3 aromatic heterocycles. The van der Waals surface area contributed by atoms with Crippen LogP contribution in [0, 0.1) is 5.82 Å². The number of nitrogens with one attached hydrogen (secondary N) is 1. The van der Waals surface area contributed by atoms with Gasteiger partial charge in [-0.15, -0.1) is 11.3 Å². The van der Waals surface area contributed by atoms with E-state index in [1.807, 2.05) is 0 Å². The summed E-state index contributed by atoms with van der Waals surface area (Å²) in [5.74, 6) is -0.546. The molecule has 3 aromatic rings. The molecular formula is C13H9FN4O2S. The highest BCUT2D eigenvalue weighted by atomic mass is 32.1. The van der Waals surface area contributed by atoms with Crippen molar-refractivity contribution >= 4 is 11.3 Å². The second kappa shape index (κ2) is 5.41. The van der Waals surface area contributed by atoms with Gasteiger partial charge in [0.05, 0.1) is 12.2 Å². The summed E-state index contributed by atoms with van der Waals surface area (Å²) in [6, 6.07) is 1.32. The van der Waals surface area contributed by atoms with Crippen LogP contribution in [-0.4, -0.2) is 19.5 Å². The maximum Gasteiger partial charge on any atom is 0.316 e. The van der Waals surface area contributed by atoms with E-state index in [1.54, 1.807) is 11.6 Å². The van der Waals surface area contributed by atoms with Crippen molar-refractivity contribution in [1.82, 2.24) is 19.5 Å². The SMILES string of the molecule is O=c1[nH]ccn(Cc2ncc(-c3nccs3)cc2F)c1=O. The highest BCUT2D eigenvalue weighted by Crippen LogP contribution is 2.22. The number of aromatic nitrogens is 4. The van der Waals surface area contributed by atoms with Gasteiger partial charge in [-0.25, -0.2) is 9.37 Å². The van der Waals surface area contributed by atoms with Gasteiger partial charge in [-0.3, -0.25) is 14.6 Å². The van der Waals surface area contributed by atoms with Gasteiger partial charge in [-0.1, -0.05) is 0 Å². The van der Waals surface area contributed by atoms with Gasteiger partial charge in [0.25, 0.3) is 0 Å². The van der Waals surface area contributed by atoms with Crippen molar-refractivity contribution in [3.05, 3.63) is 68.5 Å². The molecule has 0 atom stereocenters. The van der Waals surface area contributed by atoms with Gasteiger partial charge in [0.2, 0.25) is 0 Å². The molecule has 0 fully saturated rings. The lowest BCUT2D eigenvalue weighted by Crippen LogP contribution is -2.35. The van der Waals surface area contributed by atoms with Crippen LogP contribution in [0.3, 0.4) is 0 Å². The molecule has 0 radical (unpaired) electrons. The summed E-state index contributed by atoms with van der Waals surface area (Å²) in [6.45, 7) is -0.104.